The molecule has 0 radical (unpaired) electrons. The number of nitrogens with one attached hydrogen (secondary N) is 1. The van der Waals surface area contributed by atoms with Crippen LogP contribution in [0.25, 0.3) is 0 Å². The van der Waals surface area contributed by atoms with E-state index in [1.165, 1.54) is 6.42 Å². The molecule has 0 spiro atoms. The van der Waals surface area contributed by atoms with Crippen molar-refractivity contribution in [3.8, 4) is 0 Å². The van der Waals surface area contributed by atoms with Crippen LogP contribution in [0, 0.1) is 23.7 Å². The molecule has 0 aliphatic heterocycles. The summed E-state index contributed by atoms with van der Waals surface area (Å²) in [5.74, 6) is 1.46. The second-order valence-corrected chi connectivity index (χ2v) is 8.81. The highest BCUT2D eigenvalue weighted by Crippen LogP contribution is 2.62. The van der Waals surface area contributed by atoms with E-state index in [-0.39, 0.29) is 17.7 Å². The number of rotatable bonds is 3. The molecule has 5 atom stereocenters. The molecule has 25 heavy (non-hydrogen) atoms. The summed E-state index contributed by atoms with van der Waals surface area (Å²) in [6.45, 7) is 5.87. The van der Waals surface area contributed by atoms with Gasteiger partial charge in [-0.2, -0.15) is 0 Å². The van der Waals surface area contributed by atoms with E-state index in [0.29, 0.717) is 23.7 Å². The summed E-state index contributed by atoms with van der Waals surface area (Å²) in [5.41, 5.74) is -0.293. The minimum atomic E-state index is -0.447. The van der Waals surface area contributed by atoms with E-state index >= 15 is 0 Å². The molecule has 0 aromatic rings. The van der Waals surface area contributed by atoms with E-state index in [9.17, 15) is 4.79 Å². The zero-order valence-corrected chi connectivity index (χ0v) is 16.2. The minimum absolute atomic E-state index is 0.180. The number of amides is 1. The van der Waals surface area contributed by atoms with Crippen LogP contribution < -0.4 is 5.32 Å². The summed E-state index contributed by atoms with van der Waals surface area (Å²) in [6.07, 6.45) is 9.06. The highest BCUT2D eigenvalue weighted by atomic mass is 16.7. The van der Waals surface area contributed by atoms with Gasteiger partial charge in [0, 0.05) is 31.6 Å². The van der Waals surface area contributed by atoms with Crippen molar-refractivity contribution in [2.24, 2.45) is 23.7 Å². The topological polar surface area (TPSA) is 56.8 Å². The maximum atomic E-state index is 12.2. The van der Waals surface area contributed by atoms with Crippen LogP contribution in [0.4, 0.5) is 4.79 Å². The SMILES string of the molecule is COC1(OC)C2CCC1C1CC(OC(=O)NC(C)(C)C)/C=C/CCC12. The molecule has 2 fully saturated rings. The molecule has 3 aliphatic carbocycles. The minimum Gasteiger partial charge on any atom is -0.442 e. The van der Waals surface area contributed by atoms with Gasteiger partial charge in [-0.05, 0) is 70.8 Å². The number of hydrogen-bond donors (Lipinski definition) is 1. The third-order valence-electron chi connectivity index (χ3n) is 6.30. The lowest BCUT2D eigenvalue weighted by Crippen LogP contribution is -2.43. The third-order valence-corrected chi connectivity index (χ3v) is 6.30. The van der Waals surface area contributed by atoms with Gasteiger partial charge in [0.25, 0.3) is 0 Å². The van der Waals surface area contributed by atoms with E-state index in [1.54, 1.807) is 14.2 Å². The quantitative estimate of drug-likeness (QED) is 0.619. The zero-order chi connectivity index (χ0) is 18.2. The number of carbonyl (C=O) groups is 1. The predicted molar refractivity (Wildman–Crippen MR) is 96.1 cm³/mol. The van der Waals surface area contributed by atoms with E-state index in [0.717, 1.165) is 25.7 Å². The monoisotopic (exact) mass is 351 g/mol. The maximum absolute atomic E-state index is 12.2. The Balaban J connectivity index is 1.74. The molecule has 2 bridgehead atoms. The first kappa shape index (κ1) is 18.7. The summed E-state index contributed by atoms with van der Waals surface area (Å²) in [6, 6.07) is 0. The number of methoxy groups -OCH3 is 2. The van der Waals surface area contributed by atoms with Gasteiger partial charge in [-0.1, -0.05) is 6.08 Å². The summed E-state index contributed by atoms with van der Waals surface area (Å²) in [7, 11) is 3.55. The molecule has 0 heterocycles. The highest BCUT2D eigenvalue weighted by molar-refractivity contribution is 5.68. The van der Waals surface area contributed by atoms with Crippen LogP contribution in [0.3, 0.4) is 0 Å². The summed E-state index contributed by atoms with van der Waals surface area (Å²) in [4.78, 5) is 12.2. The van der Waals surface area contributed by atoms with Crippen molar-refractivity contribution in [2.45, 2.75) is 70.3 Å². The fourth-order valence-corrected chi connectivity index (χ4v) is 5.55. The van der Waals surface area contributed by atoms with Crippen molar-refractivity contribution in [3.05, 3.63) is 12.2 Å². The van der Waals surface area contributed by atoms with Gasteiger partial charge < -0.3 is 19.5 Å². The number of ether oxygens (including phenoxy) is 3. The van der Waals surface area contributed by atoms with Gasteiger partial charge in [-0.15, -0.1) is 0 Å². The van der Waals surface area contributed by atoms with Crippen molar-refractivity contribution >= 4 is 6.09 Å². The standard InChI is InChI=1S/C20H33NO4/c1-19(2,3)21-18(22)25-13-8-6-7-9-14-15(12-13)17-11-10-16(14)20(17,23-4)24-5/h6,8,13-17H,7,9-12H2,1-5H3,(H,21,22)/b8-6+. The molecule has 0 aromatic heterocycles. The van der Waals surface area contributed by atoms with Gasteiger partial charge in [-0.25, -0.2) is 4.79 Å². The second kappa shape index (κ2) is 6.92. The first-order valence-corrected chi connectivity index (χ1v) is 9.56. The van der Waals surface area contributed by atoms with Gasteiger partial charge in [0.2, 0.25) is 0 Å². The lowest BCUT2D eigenvalue weighted by Gasteiger charge is -2.33. The molecule has 0 aromatic carbocycles. The molecule has 142 valence electrons. The van der Waals surface area contributed by atoms with Crippen LogP contribution in [0.5, 0.6) is 0 Å². The van der Waals surface area contributed by atoms with Crippen molar-refractivity contribution in [3.63, 3.8) is 0 Å². The molecule has 0 saturated heterocycles. The van der Waals surface area contributed by atoms with E-state index < -0.39 is 5.79 Å². The largest absolute Gasteiger partial charge is 0.442 e. The number of carbonyl (C=O) groups excluding carboxylic acids is 1. The normalized spacial score (nSPS) is 37.7. The Labute approximate surface area is 151 Å². The first-order chi connectivity index (χ1) is 11.8. The molecule has 3 rings (SSSR count). The Hall–Kier alpha value is -1.07. The number of hydrogen-bond acceptors (Lipinski definition) is 4. The van der Waals surface area contributed by atoms with Crippen molar-refractivity contribution in [1.29, 1.82) is 0 Å². The Bertz CT molecular complexity index is 520. The van der Waals surface area contributed by atoms with Crippen molar-refractivity contribution in [2.75, 3.05) is 14.2 Å². The van der Waals surface area contributed by atoms with Gasteiger partial charge in [0.1, 0.15) is 6.10 Å². The fraction of sp³-hybridized carbons (Fsp3) is 0.850. The van der Waals surface area contributed by atoms with E-state index in [2.05, 4.69) is 17.5 Å². The van der Waals surface area contributed by atoms with Gasteiger partial charge >= 0.3 is 6.09 Å². The van der Waals surface area contributed by atoms with Crippen LogP contribution in [-0.2, 0) is 14.2 Å². The van der Waals surface area contributed by atoms with Gasteiger partial charge in [0.15, 0.2) is 5.79 Å². The number of alkyl carbamates (subject to hydrolysis) is 1. The van der Waals surface area contributed by atoms with Crippen LogP contribution in [0.15, 0.2) is 12.2 Å². The lowest BCUT2D eigenvalue weighted by molar-refractivity contribution is -0.239. The smallest absolute Gasteiger partial charge is 0.408 e. The maximum Gasteiger partial charge on any atom is 0.408 e. The number of allylic oxidation sites excluding steroid dienone is 1. The van der Waals surface area contributed by atoms with E-state index in [4.69, 9.17) is 14.2 Å². The van der Waals surface area contributed by atoms with Crippen molar-refractivity contribution in [1.82, 2.24) is 5.32 Å². The van der Waals surface area contributed by atoms with Crippen LogP contribution in [-0.4, -0.2) is 37.7 Å². The van der Waals surface area contributed by atoms with Crippen molar-refractivity contribution < 1.29 is 19.0 Å². The average molecular weight is 351 g/mol. The van der Waals surface area contributed by atoms with Gasteiger partial charge in [0.05, 0.1) is 0 Å². The third kappa shape index (κ3) is 3.45. The predicted octanol–water partition coefficient (Wildman–Crippen LogP) is 3.88. The molecular formula is C20H33NO4. The summed E-state index contributed by atoms with van der Waals surface area (Å²) < 4.78 is 17.6. The average Bonchev–Trinajstić information content (AvgIpc) is 2.97. The molecule has 5 unspecified atom stereocenters. The summed E-state index contributed by atoms with van der Waals surface area (Å²) in [5, 5.41) is 2.89. The van der Waals surface area contributed by atoms with Crippen LogP contribution in [0.2, 0.25) is 0 Å². The Morgan fingerprint density at radius 1 is 1.08 bits per heavy atom. The lowest BCUT2D eigenvalue weighted by atomic mass is 9.73. The second-order valence-electron chi connectivity index (χ2n) is 8.81. The highest BCUT2D eigenvalue weighted by Gasteiger charge is 2.64. The van der Waals surface area contributed by atoms with E-state index in [1.807, 2.05) is 20.8 Å². The Morgan fingerprint density at radius 2 is 1.72 bits per heavy atom. The number of fused-ring (bicyclic) bond motifs is 5. The van der Waals surface area contributed by atoms with Gasteiger partial charge in [-0.3, -0.25) is 0 Å². The molecule has 5 nitrogen and oxygen atoms in total. The fourth-order valence-electron chi connectivity index (χ4n) is 5.55. The molecular weight excluding hydrogens is 318 g/mol. The molecule has 3 aliphatic rings. The van der Waals surface area contributed by atoms with Crippen LogP contribution in [0.1, 0.15) is 52.9 Å². The Morgan fingerprint density at radius 3 is 2.32 bits per heavy atom. The molecule has 1 amide bonds. The first-order valence-electron chi connectivity index (χ1n) is 9.56. The summed E-state index contributed by atoms with van der Waals surface area (Å²) >= 11 is 0. The van der Waals surface area contributed by atoms with Crippen LogP contribution >= 0.6 is 0 Å². The zero-order valence-electron chi connectivity index (χ0n) is 16.2. The molecule has 5 heteroatoms. The molecule has 2 saturated carbocycles. The molecule has 1 N–H and O–H groups in total. The Kier molecular flexibility index (Phi) is 5.18.